The molecule has 2 aromatic carbocycles. The molecule has 0 fully saturated rings. The predicted octanol–water partition coefficient (Wildman–Crippen LogP) is 4.76. The largest absolute Gasteiger partial charge is 0.416 e. The summed E-state index contributed by atoms with van der Waals surface area (Å²) in [5.74, 6) is 0. The van der Waals surface area contributed by atoms with Crippen LogP contribution in [0.25, 0.3) is 0 Å². The molecule has 0 saturated carbocycles. The number of alkyl halides is 3. The molecule has 0 heterocycles. The van der Waals surface area contributed by atoms with Gasteiger partial charge in [0.05, 0.1) is 5.56 Å². The van der Waals surface area contributed by atoms with E-state index in [9.17, 15) is 13.2 Å². The summed E-state index contributed by atoms with van der Waals surface area (Å²) in [5, 5.41) is 3.20. The molecule has 0 bridgehead atoms. The Bertz CT molecular complexity index is 547. The van der Waals surface area contributed by atoms with Crippen molar-refractivity contribution in [2.45, 2.75) is 19.3 Å². The Morgan fingerprint density at radius 2 is 1.25 bits per heavy atom. The Labute approximate surface area is 123 Å². The van der Waals surface area contributed by atoms with Gasteiger partial charge in [0.1, 0.15) is 0 Å². The Kier molecular flexibility index (Phi) is 4.83. The van der Waals surface area contributed by atoms with Crippen LogP contribution in [0.4, 0.5) is 13.2 Å². The Morgan fingerprint density at radius 3 is 1.70 bits per heavy atom. The van der Waals surface area contributed by atoms with E-state index >= 15 is 0 Å². The van der Waals surface area contributed by atoms with Crippen molar-refractivity contribution >= 4 is 15.9 Å². The lowest BCUT2D eigenvalue weighted by Crippen LogP contribution is -2.13. The molecule has 1 nitrogen and oxygen atoms in total. The first-order valence-electron chi connectivity index (χ1n) is 6.06. The van der Waals surface area contributed by atoms with Crippen molar-refractivity contribution < 1.29 is 13.2 Å². The van der Waals surface area contributed by atoms with Crippen LogP contribution < -0.4 is 5.32 Å². The normalized spacial score (nSPS) is 11.6. The molecule has 2 aromatic rings. The molecule has 2 rings (SSSR count). The van der Waals surface area contributed by atoms with Gasteiger partial charge in [-0.05, 0) is 35.4 Å². The van der Waals surface area contributed by atoms with Crippen LogP contribution in [0.15, 0.2) is 53.0 Å². The van der Waals surface area contributed by atoms with Crippen molar-refractivity contribution in [3.8, 4) is 0 Å². The smallest absolute Gasteiger partial charge is 0.309 e. The van der Waals surface area contributed by atoms with Crippen LogP contribution in [0.2, 0.25) is 0 Å². The highest BCUT2D eigenvalue weighted by atomic mass is 79.9. The molecule has 0 aromatic heterocycles. The first kappa shape index (κ1) is 15.1. The van der Waals surface area contributed by atoms with Gasteiger partial charge in [-0.2, -0.15) is 13.2 Å². The second-order valence-corrected chi connectivity index (χ2v) is 5.34. The van der Waals surface area contributed by atoms with Gasteiger partial charge >= 0.3 is 6.18 Å². The minimum Gasteiger partial charge on any atom is -0.309 e. The molecule has 0 unspecified atom stereocenters. The molecule has 106 valence electrons. The van der Waals surface area contributed by atoms with Gasteiger partial charge in [-0.3, -0.25) is 0 Å². The van der Waals surface area contributed by atoms with Crippen LogP contribution in [-0.4, -0.2) is 0 Å². The van der Waals surface area contributed by atoms with Gasteiger partial charge in [-0.1, -0.05) is 40.2 Å². The van der Waals surface area contributed by atoms with Gasteiger partial charge in [0, 0.05) is 17.6 Å². The van der Waals surface area contributed by atoms with E-state index in [1.165, 1.54) is 12.1 Å². The molecule has 20 heavy (non-hydrogen) atoms. The predicted molar refractivity (Wildman–Crippen MR) is 76.1 cm³/mol. The SMILES string of the molecule is FC(F)(F)c1ccc(CNCc2ccc(Br)cc2)cc1. The third-order valence-electron chi connectivity index (χ3n) is 2.85. The van der Waals surface area contributed by atoms with E-state index in [0.29, 0.717) is 13.1 Å². The lowest BCUT2D eigenvalue weighted by molar-refractivity contribution is -0.137. The van der Waals surface area contributed by atoms with Gasteiger partial charge in [-0.25, -0.2) is 0 Å². The topological polar surface area (TPSA) is 12.0 Å². The highest BCUT2D eigenvalue weighted by Gasteiger charge is 2.29. The summed E-state index contributed by atoms with van der Waals surface area (Å²) in [4.78, 5) is 0. The van der Waals surface area contributed by atoms with E-state index in [1.54, 1.807) is 0 Å². The fraction of sp³-hybridized carbons (Fsp3) is 0.200. The maximum absolute atomic E-state index is 12.4. The number of nitrogens with one attached hydrogen (secondary N) is 1. The lowest BCUT2D eigenvalue weighted by Gasteiger charge is -2.08. The van der Waals surface area contributed by atoms with E-state index in [4.69, 9.17) is 0 Å². The molecule has 0 radical (unpaired) electrons. The zero-order valence-corrected chi connectivity index (χ0v) is 12.1. The van der Waals surface area contributed by atoms with Crippen molar-refractivity contribution in [3.05, 3.63) is 69.7 Å². The van der Waals surface area contributed by atoms with E-state index in [1.807, 2.05) is 24.3 Å². The Balaban J connectivity index is 1.87. The highest BCUT2D eigenvalue weighted by Crippen LogP contribution is 2.29. The van der Waals surface area contributed by atoms with Crippen LogP contribution in [0.5, 0.6) is 0 Å². The summed E-state index contributed by atoms with van der Waals surface area (Å²) in [5.41, 5.74) is 1.34. The highest BCUT2D eigenvalue weighted by molar-refractivity contribution is 9.10. The maximum atomic E-state index is 12.4. The van der Waals surface area contributed by atoms with Gasteiger partial charge in [0.25, 0.3) is 0 Å². The van der Waals surface area contributed by atoms with Gasteiger partial charge in [0.2, 0.25) is 0 Å². The minimum absolute atomic E-state index is 0.536. The molecule has 1 N–H and O–H groups in total. The molecule has 0 aliphatic rings. The third-order valence-corrected chi connectivity index (χ3v) is 3.38. The fourth-order valence-electron chi connectivity index (χ4n) is 1.77. The average molecular weight is 344 g/mol. The monoisotopic (exact) mass is 343 g/mol. The minimum atomic E-state index is -4.27. The van der Waals surface area contributed by atoms with Crippen molar-refractivity contribution in [1.29, 1.82) is 0 Å². The first-order valence-corrected chi connectivity index (χ1v) is 6.86. The Morgan fingerprint density at radius 1 is 0.800 bits per heavy atom. The van der Waals surface area contributed by atoms with Crippen LogP contribution in [-0.2, 0) is 19.3 Å². The zero-order chi connectivity index (χ0) is 14.6. The van der Waals surface area contributed by atoms with Gasteiger partial charge in [-0.15, -0.1) is 0 Å². The molecule has 0 saturated heterocycles. The van der Waals surface area contributed by atoms with Crippen molar-refractivity contribution in [2.75, 3.05) is 0 Å². The summed E-state index contributed by atoms with van der Waals surface area (Å²) in [6, 6.07) is 13.1. The van der Waals surface area contributed by atoms with Gasteiger partial charge in [0.15, 0.2) is 0 Å². The Hall–Kier alpha value is -1.33. The van der Waals surface area contributed by atoms with Crippen LogP contribution in [0.1, 0.15) is 16.7 Å². The molecule has 0 spiro atoms. The lowest BCUT2D eigenvalue weighted by atomic mass is 10.1. The second-order valence-electron chi connectivity index (χ2n) is 4.42. The number of hydrogen-bond acceptors (Lipinski definition) is 1. The summed E-state index contributed by atoms with van der Waals surface area (Å²) in [6.07, 6.45) is -4.27. The second kappa shape index (κ2) is 6.41. The maximum Gasteiger partial charge on any atom is 0.416 e. The zero-order valence-electron chi connectivity index (χ0n) is 10.5. The molecule has 0 amide bonds. The summed E-state index contributed by atoms with van der Waals surface area (Å²) in [6.45, 7) is 1.21. The number of benzene rings is 2. The van der Waals surface area contributed by atoms with E-state index in [2.05, 4.69) is 21.2 Å². The molecular weight excluding hydrogens is 331 g/mol. The molecule has 5 heteroatoms. The summed E-state index contributed by atoms with van der Waals surface area (Å²) < 4.78 is 38.2. The molecule has 0 atom stereocenters. The quantitative estimate of drug-likeness (QED) is 0.843. The fourth-order valence-corrected chi connectivity index (χ4v) is 2.03. The van der Waals surface area contributed by atoms with Gasteiger partial charge < -0.3 is 5.32 Å². The van der Waals surface area contributed by atoms with Crippen molar-refractivity contribution in [1.82, 2.24) is 5.32 Å². The summed E-state index contributed by atoms with van der Waals surface area (Å²) in [7, 11) is 0. The van der Waals surface area contributed by atoms with Crippen LogP contribution >= 0.6 is 15.9 Å². The van der Waals surface area contributed by atoms with E-state index in [0.717, 1.165) is 27.7 Å². The summed E-state index contributed by atoms with van der Waals surface area (Å²) >= 11 is 3.36. The van der Waals surface area contributed by atoms with Crippen molar-refractivity contribution in [3.63, 3.8) is 0 Å². The van der Waals surface area contributed by atoms with Crippen molar-refractivity contribution in [2.24, 2.45) is 0 Å². The number of halogens is 4. The van der Waals surface area contributed by atoms with Crippen LogP contribution in [0.3, 0.4) is 0 Å². The molecular formula is C15H13BrF3N. The first-order chi connectivity index (χ1) is 9.45. The molecule has 0 aliphatic heterocycles. The van der Waals surface area contributed by atoms with Crippen LogP contribution in [0, 0.1) is 0 Å². The van der Waals surface area contributed by atoms with E-state index < -0.39 is 11.7 Å². The standard InChI is InChI=1S/C15H13BrF3N/c16-14-7-3-12(4-8-14)10-20-9-11-1-5-13(6-2-11)15(17,18)19/h1-8,20H,9-10H2. The number of hydrogen-bond donors (Lipinski definition) is 1. The van der Waals surface area contributed by atoms with E-state index in [-0.39, 0.29) is 0 Å². The average Bonchev–Trinajstić information content (AvgIpc) is 2.41. The molecule has 0 aliphatic carbocycles. The third kappa shape index (κ3) is 4.35. The number of rotatable bonds is 4.